The summed E-state index contributed by atoms with van der Waals surface area (Å²) in [7, 11) is 0. The van der Waals surface area contributed by atoms with Crippen molar-refractivity contribution < 1.29 is 4.79 Å². The summed E-state index contributed by atoms with van der Waals surface area (Å²) in [5, 5.41) is 3.02. The zero-order valence-corrected chi connectivity index (χ0v) is 12.8. The molecule has 3 nitrogen and oxygen atoms in total. The average molecular weight is 294 g/mol. The molecule has 1 aliphatic rings. The Hall–Kier alpha value is -2.13. The Kier molecular flexibility index (Phi) is 4.86. The fourth-order valence-electron chi connectivity index (χ4n) is 2.93. The van der Waals surface area contributed by atoms with Gasteiger partial charge in [-0.1, -0.05) is 42.5 Å². The van der Waals surface area contributed by atoms with Gasteiger partial charge in [0.25, 0.3) is 5.91 Å². The predicted molar refractivity (Wildman–Crippen MR) is 88.6 cm³/mol. The van der Waals surface area contributed by atoms with Gasteiger partial charge in [-0.05, 0) is 49.2 Å². The van der Waals surface area contributed by atoms with Gasteiger partial charge in [0.15, 0.2) is 0 Å². The molecule has 0 atom stereocenters. The van der Waals surface area contributed by atoms with Crippen LogP contribution in [-0.4, -0.2) is 23.9 Å². The van der Waals surface area contributed by atoms with Crippen molar-refractivity contribution in [1.82, 2.24) is 10.2 Å². The summed E-state index contributed by atoms with van der Waals surface area (Å²) >= 11 is 0. The molecule has 22 heavy (non-hydrogen) atoms. The summed E-state index contributed by atoms with van der Waals surface area (Å²) in [6.45, 7) is 3.94. The van der Waals surface area contributed by atoms with Gasteiger partial charge in [0.2, 0.25) is 0 Å². The zero-order valence-electron chi connectivity index (χ0n) is 12.8. The molecule has 1 heterocycles. The normalized spacial score (nSPS) is 14.9. The predicted octanol–water partition coefficient (Wildman–Crippen LogP) is 3.21. The van der Waals surface area contributed by atoms with E-state index in [2.05, 4.69) is 28.4 Å². The Morgan fingerprint density at radius 3 is 2.27 bits per heavy atom. The zero-order chi connectivity index (χ0) is 15.2. The molecule has 0 radical (unpaired) electrons. The highest BCUT2D eigenvalue weighted by molar-refractivity contribution is 5.94. The van der Waals surface area contributed by atoms with Gasteiger partial charge in [-0.3, -0.25) is 9.69 Å². The van der Waals surface area contributed by atoms with E-state index in [4.69, 9.17) is 0 Å². The molecule has 0 aromatic heterocycles. The third-order valence-electron chi connectivity index (χ3n) is 4.19. The Balaban J connectivity index is 1.63. The van der Waals surface area contributed by atoms with E-state index in [-0.39, 0.29) is 5.91 Å². The maximum atomic E-state index is 12.2. The van der Waals surface area contributed by atoms with E-state index in [1.165, 1.54) is 37.1 Å². The van der Waals surface area contributed by atoms with Crippen LogP contribution in [0.3, 0.4) is 0 Å². The lowest BCUT2D eigenvalue weighted by atomic mass is 10.1. The molecule has 2 aromatic rings. The van der Waals surface area contributed by atoms with E-state index in [0.29, 0.717) is 12.1 Å². The van der Waals surface area contributed by atoms with Gasteiger partial charge in [0.05, 0.1) is 0 Å². The van der Waals surface area contributed by atoms with Crippen LogP contribution >= 0.6 is 0 Å². The van der Waals surface area contributed by atoms with E-state index in [1.807, 2.05) is 36.4 Å². The number of hydrogen-bond donors (Lipinski definition) is 1. The second-order valence-electron chi connectivity index (χ2n) is 5.80. The first-order valence-corrected chi connectivity index (χ1v) is 7.95. The number of hydrogen-bond acceptors (Lipinski definition) is 2. The van der Waals surface area contributed by atoms with Crippen molar-refractivity contribution in [3.8, 4) is 0 Å². The minimum absolute atomic E-state index is 0.0171. The SMILES string of the molecule is O=C(NCc1ccccc1CN1CCCC1)c1ccccc1. The molecule has 0 spiro atoms. The van der Waals surface area contributed by atoms with Crippen molar-refractivity contribution in [2.45, 2.75) is 25.9 Å². The number of nitrogens with one attached hydrogen (secondary N) is 1. The van der Waals surface area contributed by atoms with E-state index >= 15 is 0 Å². The molecule has 114 valence electrons. The number of carbonyl (C=O) groups excluding carboxylic acids is 1. The van der Waals surface area contributed by atoms with Crippen molar-refractivity contribution in [2.24, 2.45) is 0 Å². The molecule has 3 heteroatoms. The van der Waals surface area contributed by atoms with Crippen LogP contribution in [0.1, 0.15) is 34.3 Å². The highest BCUT2D eigenvalue weighted by Gasteiger charge is 2.14. The molecular formula is C19H22N2O. The summed E-state index contributed by atoms with van der Waals surface area (Å²) in [6, 6.07) is 17.8. The van der Waals surface area contributed by atoms with Crippen LogP contribution in [0, 0.1) is 0 Å². The van der Waals surface area contributed by atoms with Gasteiger partial charge in [0, 0.05) is 18.7 Å². The first kappa shape index (κ1) is 14.8. The number of carbonyl (C=O) groups is 1. The van der Waals surface area contributed by atoms with Crippen molar-refractivity contribution in [3.05, 3.63) is 71.3 Å². The highest BCUT2D eigenvalue weighted by Crippen LogP contribution is 2.16. The molecule has 1 saturated heterocycles. The summed E-state index contributed by atoms with van der Waals surface area (Å²) in [5.41, 5.74) is 3.23. The lowest BCUT2D eigenvalue weighted by Crippen LogP contribution is -2.25. The fourth-order valence-corrected chi connectivity index (χ4v) is 2.93. The monoisotopic (exact) mass is 294 g/mol. The summed E-state index contributed by atoms with van der Waals surface area (Å²) in [4.78, 5) is 14.6. The first-order valence-electron chi connectivity index (χ1n) is 7.95. The molecule has 2 aromatic carbocycles. The smallest absolute Gasteiger partial charge is 0.251 e. The van der Waals surface area contributed by atoms with E-state index in [1.54, 1.807) is 0 Å². The molecule has 1 N–H and O–H groups in total. The summed E-state index contributed by atoms with van der Waals surface area (Å²) in [5.74, 6) is -0.0171. The third kappa shape index (κ3) is 3.74. The fraction of sp³-hybridized carbons (Fsp3) is 0.316. The van der Waals surface area contributed by atoms with E-state index < -0.39 is 0 Å². The molecule has 3 rings (SSSR count). The van der Waals surface area contributed by atoms with Gasteiger partial charge >= 0.3 is 0 Å². The van der Waals surface area contributed by atoms with Crippen LogP contribution in [0.4, 0.5) is 0 Å². The van der Waals surface area contributed by atoms with Crippen molar-refractivity contribution >= 4 is 5.91 Å². The van der Waals surface area contributed by atoms with Crippen LogP contribution < -0.4 is 5.32 Å². The maximum absolute atomic E-state index is 12.2. The number of amides is 1. The molecular weight excluding hydrogens is 272 g/mol. The maximum Gasteiger partial charge on any atom is 0.251 e. The largest absolute Gasteiger partial charge is 0.348 e. The molecule has 1 aliphatic heterocycles. The van der Waals surface area contributed by atoms with Crippen LogP contribution in [0.2, 0.25) is 0 Å². The van der Waals surface area contributed by atoms with Crippen LogP contribution in [0.25, 0.3) is 0 Å². The number of nitrogens with zero attached hydrogens (tertiary/aromatic N) is 1. The van der Waals surface area contributed by atoms with E-state index in [9.17, 15) is 4.79 Å². The van der Waals surface area contributed by atoms with Gasteiger partial charge in [-0.25, -0.2) is 0 Å². The van der Waals surface area contributed by atoms with Gasteiger partial charge in [-0.2, -0.15) is 0 Å². The van der Waals surface area contributed by atoms with Crippen LogP contribution in [0.5, 0.6) is 0 Å². The molecule has 0 aliphatic carbocycles. The number of benzene rings is 2. The topological polar surface area (TPSA) is 32.3 Å². The molecule has 0 bridgehead atoms. The Morgan fingerprint density at radius 2 is 1.55 bits per heavy atom. The summed E-state index contributed by atoms with van der Waals surface area (Å²) in [6.07, 6.45) is 2.60. The minimum atomic E-state index is -0.0171. The molecule has 0 saturated carbocycles. The number of likely N-dealkylation sites (tertiary alicyclic amines) is 1. The molecule has 1 fully saturated rings. The second-order valence-corrected chi connectivity index (χ2v) is 5.80. The van der Waals surface area contributed by atoms with Crippen molar-refractivity contribution in [2.75, 3.05) is 13.1 Å². The minimum Gasteiger partial charge on any atom is -0.348 e. The van der Waals surface area contributed by atoms with Crippen LogP contribution in [0.15, 0.2) is 54.6 Å². The average Bonchev–Trinajstić information content (AvgIpc) is 3.07. The second kappa shape index (κ2) is 7.23. The molecule has 1 amide bonds. The van der Waals surface area contributed by atoms with Gasteiger partial charge in [-0.15, -0.1) is 0 Å². The standard InChI is InChI=1S/C19H22N2O/c22-19(16-8-2-1-3-9-16)20-14-17-10-4-5-11-18(17)15-21-12-6-7-13-21/h1-5,8-11H,6-7,12-15H2,(H,20,22). The van der Waals surface area contributed by atoms with Gasteiger partial charge in [0.1, 0.15) is 0 Å². The Morgan fingerprint density at radius 1 is 0.909 bits per heavy atom. The highest BCUT2D eigenvalue weighted by atomic mass is 16.1. The Labute approximate surface area is 132 Å². The van der Waals surface area contributed by atoms with Crippen molar-refractivity contribution in [3.63, 3.8) is 0 Å². The Bertz CT molecular complexity index is 618. The number of rotatable bonds is 5. The lowest BCUT2D eigenvalue weighted by Gasteiger charge is -2.17. The summed E-state index contributed by atoms with van der Waals surface area (Å²) < 4.78 is 0. The van der Waals surface area contributed by atoms with Crippen molar-refractivity contribution in [1.29, 1.82) is 0 Å². The quantitative estimate of drug-likeness (QED) is 0.918. The van der Waals surface area contributed by atoms with E-state index in [0.717, 1.165) is 6.54 Å². The lowest BCUT2D eigenvalue weighted by molar-refractivity contribution is 0.0951. The van der Waals surface area contributed by atoms with Gasteiger partial charge < -0.3 is 5.32 Å². The van der Waals surface area contributed by atoms with Crippen LogP contribution in [-0.2, 0) is 13.1 Å². The third-order valence-corrected chi connectivity index (χ3v) is 4.19. The molecule has 0 unspecified atom stereocenters. The first-order chi connectivity index (χ1) is 10.8.